The Morgan fingerprint density at radius 2 is 2.25 bits per heavy atom. The second kappa shape index (κ2) is 5.00. The number of pyridine rings is 1. The molecule has 3 N–H and O–H groups in total. The Kier molecular flexibility index (Phi) is 3.18. The van der Waals surface area contributed by atoms with Gasteiger partial charge in [-0.2, -0.15) is 0 Å². The smallest absolute Gasteiger partial charge is 0.260 e. The van der Waals surface area contributed by atoms with E-state index in [0.717, 1.165) is 18.2 Å². The van der Waals surface area contributed by atoms with Crippen molar-refractivity contribution in [3.63, 3.8) is 0 Å². The van der Waals surface area contributed by atoms with Crippen molar-refractivity contribution >= 4 is 22.5 Å². The van der Waals surface area contributed by atoms with Crippen molar-refractivity contribution in [1.82, 2.24) is 10.3 Å². The lowest BCUT2D eigenvalue weighted by Crippen LogP contribution is -2.37. The Hall–Kier alpha value is -2.30. The van der Waals surface area contributed by atoms with E-state index in [1.807, 2.05) is 12.1 Å². The van der Waals surface area contributed by atoms with E-state index in [-0.39, 0.29) is 5.91 Å². The number of carbonyl (C=O) groups is 1. The number of anilines is 1. The van der Waals surface area contributed by atoms with Crippen LogP contribution in [-0.2, 0) is 4.79 Å². The molecule has 0 spiro atoms. The number of nitrogens with one attached hydrogen (secondary N) is 1. The van der Waals surface area contributed by atoms with E-state index in [2.05, 4.69) is 10.3 Å². The minimum Gasteiger partial charge on any atom is -0.480 e. The molecule has 1 amide bonds. The van der Waals surface area contributed by atoms with Gasteiger partial charge in [0.05, 0.1) is 11.2 Å². The molecular weight excluding hydrogens is 254 g/mol. The normalized spacial score (nSPS) is 15.8. The number of nitrogen functional groups attached to an aromatic ring is 1. The highest BCUT2D eigenvalue weighted by Crippen LogP contribution is 2.29. The highest BCUT2D eigenvalue weighted by molar-refractivity contribution is 5.94. The SMILES string of the molecule is CC(Oc1ccc(N)c2ncccc12)C(=O)NC1CC1. The molecule has 0 aliphatic heterocycles. The first-order valence-corrected chi connectivity index (χ1v) is 6.75. The van der Waals surface area contributed by atoms with Gasteiger partial charge in [-0.3, -0.25) is 9.78 Å². The van der Waals surface area contributed by atoms with Crippen molar-refractivity contribution in [2.75, 3.05) is 5.73 Å². The first-order valence-electron chi connectivity index (χ1n) is 6.75. The van der Waals surface area contributed by atoms with Crippen LogP contribution in [0.25, 0.3) is 10.9 Å². The molecular formula is C15H17N3O2. The lowest BCUT2D eigenvalue weighted by Gasteiger charge is -2.16. The van der Waals surface area contributed by atoms with Gasteiger partial charge in [-0.25, -0.2) is 0 Å². The van der Waals surface area contributed by atoms with Gasteiger partial charge in [0.1, 0.15) is 5.75 Å². The van der Waals surface area contributed by atoms with Crippen LogP contribution in [0.3, 0.4) is 0 Å². The van der Waals surface area contributed by atoms with Crippen LogP contribution in [-0.4, -0.2) is 23.0 Å². The molecule has 1 unspecified atom stereocenters. The Bertz CT molecular complexity index is 653. The molecule has 5 nitrogen and oxygen atoms in total. The zero-order valence-corrected chi connectivity index (χ0v) is 11.3. The molecule has 1 aromatic heterocycles. The molecule has 1 aliphatic carbocycles. The number of ether oxygens (including phenoxy) is 1. The number of nitrogens with two attached hydrogens (primary N) is 1. The molecule has 1 fully saturated rings. The minimum absolute atomic E-state index is 0.0821. The maximum absolute atomic E-state index is 11.9. The second-order valence-corrected chi connectivity index (χ2v) is 5.10. The highest BCUT2D eigenvalue weighted by atomic mass is 16.5. The van der Waals surface area contributed by atoms with Gasteiger partial charge in [0, 0.05) is 17.6 Å². The van der Waals surface area contributed by atoms with Crippen LogP contribution in [0.2, 0.25) is 0 Å². The van der Waals surface area contributed by atoms with Crippen LogP contribution >= 0.6 is 0 Å². The fraction of sp³-hybridized carbons (Fsp3) is 0.333. The van der Waals surface area contributed by atoms with E-state index in [9.17, 15) is 4.79 Å². The van der Waals surface area contributed by atoms with E-state index in [0.29, 0.717) is 23.0 Å². The van der Waals surface area contributed by atoms with Gasteiger partial charge in [0.15, 0.2) is 6.10 Å². The van der Waals surface area contributed by atoms with Crippen molar-refractivity contribution in [3.05, 3.63) is 30.5 Å². The standard InChI is InChI=1S/C15H17N3O2/c1-9(15(19)18-10-4-5-10)20-13-7-6-12(16)14-11(13)3-2-8-17-14/h2-3,6-10H,4-5,16H2,1H3,(H,18,19). The fourth-order valence-corrected chi connectivity index (χ4v) is 2.06. The number of fused-ring (bicyclic) bond motifs is 1. The van der Waals surface area contributed by atoms with Crippen LogP contribution in [0.15, 0.2) is 30.5 Å². The number of hydrogen-bond donors (Lipinski definition) is 2. The average molecular weight is 271 g/mol. The van der Waals surface area contributed by atoms with Crippen molar-refractivity contribution in [2.45, 2.75) is 31.9 Å². The molecule has 1 aliphatic rings. The number of hydrogen-bond acceptors (Lipinski definition) is 4. The molecule has 2 aromatic rings. The minimum atomic E-state index is -0.539. The first-order chi connectivity index (χ1) is 9.65. The van der Waals surface area contributed by atoms with Gasteiger partial charge in [0.25, 0.3) is 5.91 Å². The molecule has 3 rings (SSSR count). The van der Waals surface area contributed by atoms with Crippen molar-refractivity contribution in [2.24, 2.45) is 0 Å². The quantitative estimate of drug-likeness (QED) is 0.832. The van der Waals surface area contributed by atoms with E-state index >= 15 is 0 Å². The monoisotopic (exact) mass is 271 g/mol. The zero-order valence-electron chi connectivity index (χ0n) is 11.3. The van der Waals surface area contributed by atoms with Crippen LogP contribution in [0.1, 0.15) is 19.8 Å². The van der Waals surface area contributed by atoms with Crippen LogP contribution < -0.4 is 15.8 Å². The summed E-state index contributed by atoms with van der Waals surface area (Å²) in [7, 11) is 0. The number of amides is 1. The van der Waals surface area contributed by atoms with Gasteiger partial charge in [0.2, 0.25) is 0 Å². The molecule has 1 heterocycles. The molecule has 1 saturated carbocycles. The van der Waals surface area contributed by atoms with E-state index in [4.69, 9.17) is 10.5 Å². The Morgan fingerprint density at radius 1 is 1.45 bits per heavy atom. The van der Waals surface area contributed by atoms with Crippen molar-refractivity contribution in [3.8, 4) is 5.75 Å². The Labute approximate surface area is 117 Å². The summed E-state index contributed by atoms with van der Waals surface area (Å²) in [5.74, 6) is 0.544. The third kappa shape index (κ3) is 2.52. The highest BCUT2D eigenvalue weighted by Gasteiger charge is 2.26. The lowest BCUT2D eigenvalue weighted by atomic mass is 10.1. The number of aromatic nitrogens is 1. The maximum Gasteiger partial charge on any atom is 0.260 e. The molecule has 20 heavy (non-hydrogen) atoms. The second-order valence-electron chi connectivity index (χ2n) is 5.10. The topological polar surface area (TPSA) is 77.2 Å². The predicted molar refractivity (Wildman–Crippen MR) is 77.4 cm³/mol. The Balaban J connectivity index is 1.83. The lowest BCUT2D eigenvalue weighted by molar-refractivity contribution is -0.127. The summed E-state index contributed by atoms with van der Waals surface area (Å²) in [6.45, 7) is 1.75. The van der Waals surface area contributed by atoms with Crippen molar-refractivity contribution in [1.29, 1.82) is 0 Å². The fourth-order valence-electron chi connectivity index (χ4n) is 2.06. The van der Waals surface area contributed by atoms with E-state index in [1.54, 1.807) is 25.3 Å². The predicted octanol–water partition coefficient (Wildman–Crippen LogP) is 1.86. The van der Waals surface area contributed by atoms with Gasteiger partial charge in [-0.15, -0.1) is 0 Å². The molecule has 5 heteroatoms. The number of nitrogens with zero attached hydrogens (tertiary/aromatic N) is 1. The van der Waals surface area contributed by atoms with Gasteiger partial charge in [-0.05, 0) is 44.0 Å². The summed E-state index contributed by atoms with van der Waals surface area (Å²) < 4.78 is 5.77. The molecule has 0 bridgehead atoms. The van der Waals surface area contributed by atoms with Gasteiger partial charge < -0.3 is 15.8 Å². The van der Waals surface area contributed by atoms with Crippen LogP contribution in [0, 0.1) is 0 Å². The molecule has 1 atom stereocenters. The number of rotatable bonds is 4. The third-order valence-corrected chi connectivity index (χ3v) is 3.36. The van der Waals surface area contributed by atoms with Crippen molar-refractivity contribution < 1.29 is 9.53 Å². The summed E-state index contributed by atoms with van der Waals surface area (Å²) in [6.07, 6.45) is 3.27. The van der Waals surface area contributed by atoms with E-state index in [1.165, 1.54) is 0 Å². The summed E-state index contributed by atoms with van der Waals surface area (Å²) >= 11 is 0. The summed E-state index contributed by atoms with van der Waals surface area (Å²) in [5, 5.41) is 3.75. The molecule has 104 valence electrons. The summed E-state index contributed by atoms with van der Waals surface area (Å²) in [6, 6.07) is 7.57. The van der Waals surface area contributed by atoms with Crippen LogP contribution in [0.4, 0.5) is 5.69 Å². The molecule has 0 radical (unpaired) electrons. The summed E-state index contributed by atoms with van der Waals surface area (Å²) in [4.78, 5) is 16.2. The number of carbonyl (C=O) groups excluding carboxylic acids is 1. The molecule has 0 saturated heterocycles. The Morgan fingerprint density at radius 3 is 3.00 bits per heavy atom. The van der Waals surface area contributed by atoms with Crippen LogP contribution in [0.5, 0.6) is 5.75 Å². The largest absolute Gasteiger partial charge is 0.480 e. The summed E-state index contributed by atoms with van der Waals surface area (Å²) in [5.41, 5.74) is 7.19. The average Bonchev–Trinajstić information content (AvgIpc) is 3.26. The van der Waals surface area contributed by atoms with Gasteiger partial charge >= 0.3 is 0 Å². The molecule has 1 aromatic carbocycles. The van der Waals surface area contributed by atoms with E-state index < -0.39 is 6.10 Å². The first kappa shape index (κ1) is 12.7. The van der Waals surface area contributed by atoms with Gasteiger partial charge in [-0.1, -0.05) is 0 Å². The third-order valence-electron chi connectivity index (χ3n) is 3.36. The number of benzene rings is 1. The maximum atomic E-state index is 11.9. The zero-order chi connectivity index (χ0) is 14.1.